The summed E-state index contributed by atoms with van der Waals surface area (Å²) in [4.78, 5) is 20.3. The third-order valence-corrected chi connectivity index (χ3v) is 5.29. The van der Waals surface area contributed by atoms with E-state index in [-0.39, 0.29) is 12.0 Å². The molecule has 122 valence electrons. The lowest BCUT2D eigenvalue weighted by Crippen LogP contribution is -2.49. The lowest BCUT2D eigenvalue weighted by molar-refractivity contribution is -0.139. The number of aliphatic hydroxyl groups excluding tert-OH is 1. The number of carbonyl (C=O) groups excluding carboxylic acids is 1. The number of hydrogen-bond acceptors (Lipinski definition) is 6. The molecular formula is C15H23N3O3S. The summed E-state index contributed by atoms with van der Waals surface area (Å²) in [6, 6.07) is 0. The Morgan fingerprint density at radius 3 is 3.09 bits per heavy atom. The van der Waals surface area contributed by atoms with Crippen LogP contribution >= 0.6 is 11.3 Å². The van der Waals surface area contributed by atoms with E-state index in [1.54, 1.807) is 16.2 Å². The van der Waals surface area contributed by atoms with E-state index in [9.17, 15) is 4.79 Å². The highest BCUT2D eigenvalue weighted by Gasteiger charge is 2.34. The molecule has 2 aliphatic rings. The van der Waals surface area contributed by atoms with Crippen LogP contribution in [0.1, 0.15) is 17.1 Å². The van der Waals surface area contributed by atoms with Crippen LogP contribution in [0.2, 0.25) is 0 Å². The first kappa shape index (κ1) is 15.9. The molecule has 1 aromatic heterocycles. The number of likely N-dealkylation sites (tertiary alicyclic amines) is 1. The zero-order valence-electron chi connectivity index (χ0n) is 12.9. The number of fused-ring (bicyclic) bond motifs is 1. The van der Waals surface area contributed by atoms with E-state index in [0.29, 0.717) is 25.6 Å². The van der Waals surface area contributed by atoms with Crippen molar-refractivity contribution in [3.05, 3.63) is 16.1 Å². The van der Waals surface area contributed by atoms with Crippen LogP contribution in [-0.2, 0) is 16.1 Å². The lowest BCUT2D eigenvalue weighted by Gasteiger charge is -2.37. The van der Waals surface area contributed by atoms with Gasteiger partial charge in [0.1, 0.15) is 6.61 Å². The van der Waals surface area contributed by atoms with Crippen molar-refractivity contribution in [1.29, 1.82) is 0 Å². The van der Waals surface area contributed by atoms with E-state index in [2.05, 4.69) is 15.3 Å². The number of amides is 1. The predicted octanol–water partition coefficient (Wildman–Crippen LogP) is 0.493. The van der Waals surface area contributed by atoms with Crippen molar-refractivity contribution in [2.24, 2.45) is 5.92 Å². The Morgan fingerprint density at radius 1 is 1.50 bits per heavy atom. The summed E-state index contributed by atoms with van der Waals surface area (Å²) < 4.78 is 5.97. The summed E-state index contributed by atoms with van der Waals surface area (Å²) in [5.41, 5.74) is 1.13. The minimum absolute atomic E-state index is 0.0893. The molecule has 0 saturated carbocycles. The summed E-state index contributed by atoms with van der Waals surface area (Å²) in [5.74, 6) is 0.256. The fourth-order valence-corrected chi connectivity index (χ4v) is 3.90. The Balaban J connectivity index is 1.59. The lowest BCUT2D eigenvalue weighted by atomic mass is 9.93. The molecule has 7 heteroatoms. The number of carbonyl (C=O) groups is 1. The van der Waals surface area contributed by atoms with E-state index in [1.165, 1.54) is 0 Å². The molecule has 0 radical (unpaired) electrons. The van der Waals surface area contributed by atoms with Crippen molar-refractivity contribution in [3.8, 4) is 0 Å². The first-order valence-corrected chi connectivity index (χ1v) is 8.67. The first-order valence-electron chi connectivity index (χ1n) is 7.79. The number of hydrogen-bond donors (Lipinski definition) is 1. The number of aliphatic hydroxyl groups is 1. The van der Waals surface area contributed by atoms with Gasteiger partial charge in [0.15, 0.2) is 0 Å². The molecule has 0 aromatic carbocycles. The van der Waals surface area contributed by atoms with Crippen LogP contribution in [0, 0.1) is 12.8 Å². The number of ether oxygens (including phenoxy) is 1. The fourth-order valence-electron chi connectivity index (χ4n) is 3.30. The Labute approximate surface area is 134 Å². The summed E-state index contributed by atoms with van der Waals surface area (Å²) >= 11 is 1.69. The standard InChI is InChI=1S/C15H23N3O3S/c1-11-16-13(10-22-11)7-17-4-5-21-14-8-18(15(20)9-19)3-2-12(14)6-17/h10,12,14,19H,2-9H2,1H3/t12-,14-/m0/s1. The monoisotopic (exact) mass is 325 g/mol. The molecule has 1 aromatic rings. The summed E-state index contributed by atoms with van der Waals surface area (Å²) in [6.45, 7) is 6.39. The third-order valence-electron chi connectivity index (χ3n) is 4.47. The maximum atomic E-state index is 11.6. The van der Waals surface area contributed by atoms with E-state index < -0.39 is 6.61 Å². The quantitative estimate of drug-likeness (QED) is 0.876. The van der Waals surface area contributed by atoms with Crippen LogP contribution in [0.25, 0.3) is 0 Å². The molecule has 2 atom stereocenters. The van der Waals surface area contributed by atoms with Gasteiger partial charge in [-0.1, -0.05) is 0 Å². The van der Waals surface area contributed by atoms with Crippen molar-refractivity contribution in [2.75, 3.05) is 39.4 Å². The normalized spacial score (nSPS) is 26.5. The van der Waals surface area contributed by atoms with Gasteiger partial charge in [-0.15, -0.1) is 11.3 Å². The molecule has 3 heterocycles. The largest absolute Gasteiger partial charge is 0.387 e. The van der Waals surface area contributed by atoms with Gasteiger partial charge in [-0.05, 0) is 13.3 Å². The zero-order valence-corrected chi connectivity index (χ0v) is 13.7. The molecule has 0 bridgehead atoms. The smallest absolute Gasteiger partial charge is 0.248 e. The zero-order chi connectivity index (χ0) is 15.5. The molecule has 3 rings (SSSR count). The topological polar surface area (TPSA) is 65.9 Å². The molecule has 6 nitrogen and oxygen atoms in total. The molecule has 1 N–H and O–H groups in total. The summed E-state index contributed by atoms with van der Waals surface area (Å²) in [6.07, 6.45) is 1.02. The number of aryl methyl sites for hydroxylation is 1. The van der Waals surface area contributed by atoms with E-state index >= 15 is 0 Å². The molecule has 0 aliphatic carbocycles. The fraction of sp³-hybridized carbons (Fsp3) is 0.733. The second kappa shape index (κ2) is 7.04. The number of thiazole rings is 1. The second-order valence-corrected chi connectivity index (χ2v) is 7.11. The molecule has 0 spiro atoms. The highest BCUT2D eigenvalue weighted by molar-refractivity contribution is 7.09. The Bertz CT molecular complexity index is 522. The van der Waals surface area contributed by atoms with Gasteiger partial charge in [0, 0.05) is 44.0 Å². The molecule has 2 aliphatic heterocycles. The Kier molecular flexibility index (Phi) is 5.07. The van der Waals surface area contributed by atoms with Gasteiger partial charge in [-0.3, -0.25) is 9.69 Å². The molecule has 22 heavy (non-hydrogen) atoms. The Morgan fingerprint density at radius 2 is 2.36 bits per heavy atom. The first-order chi connectivity index (χ1) is 10.7. The molecule has 2 saturated heterocycles. The van der Waals surface area contributed by atoms with Gasteiger partial charge in [-0.25, -0.2) is 4.98 Å². The molecular weight excluding hydrogens is 302 g/mol. The number of aromatic nitrogens is 1. The van der Waals surface area contributed by atoms with Crippen LogP contribution in [0.5, 0.6) is 0 Å². The van der Waals surface area contributed by atoms with Gasteiger partial charge in [0.2, 0.25) is 5.91 Å². The average Bonchev–Trinajstić information content (AvgIpc) is 2.81. The average molecular weight is 325 g/mol. The maximum Gasteiger partial charge on any atom is 0.248 e. The summed E-state index contributed by atoms with van der Waals surface area (Å²) in [5, 5.41) is 12.2. The number of rotatable bonds is 3. The van der Waals surface area contributed by atoms with Gasteiger partial charge in [-0.2, -0.15) is 0 Å². The SMILES string of the molecule is Cc1nc(CN2CCO[C@H]3CN(C(=O)CO)CC[C@H]3C2)cs1. The van der Waals surface area contributed by atoms with Crippen LogP contribution in [0.15, 0.2) is 5.38 Å². The van der Waals surface area contributed by atoms with E-state index in [4.69, 9.17) is 9.84 Å². The minimum atomic E-state index is -0.410. The third kappa shape index (κ3) is 3.65. The van der Waals surface area contributed by atoms with Crippen molar-refractivity contribution in [2.45, 2.75) is 26.0 Å². The van der Waals surface area contributed by atoms with Crippen molar-refractivity contribution >= 4 is 17.2 Å². The Hall–Kier alpha value is -1.02. The molecule has 2 fully saturated rings. The summed E-state index contributed by atoms with van der Waals surface area (Å²) in [7, 11) is 0. The number of nitrogens with zero attached hydrogens (tertiary/aromatic N) is 3. The van der Waals surface area contributed by atoms with Crippen LogP contribution < -0.4 is 0 Å². The van der Waals surface area contributed by atoms with Gasteiger partial charge < -0.3 is 14.7 Å². The van der Waals surface area contributed by atoms with E-state index in [0.717, 1.165) is 36.8 Å². The van der Waals surface area contributed by atoms with E-state index in [1.807, 2.05) is 6.92 Å². The predicted molar refractivity (Wildman–Crippen MR) is 83.6 cm³/mol. The second-order valence-electron chi connectivity index (χ2n) is 6.05. The van der Waals surface area contributed by atoms with Crippen LogP contribution in [0.4, 0.5) is 0 Å². The van der Waals surface area contributed by atoms with Crippen LogP contribution in [0.3, 0.4) is 0 Å². The van der Waals surface area contributed by atoms with Gasteiger partial charge in [0.25, 0.3) is 0 Å². The van der Waals surface area contributed by atoms with Gasteiger partial charge in [0.05, 0.1) is 23.4 Å². The highest BCUT2D eigenvalue weighted by Crippen LogP contribution is 2.25. The van der Waals surface area contributed by atoms with Gasteiger partial charge >= 0.3 is 0 Å². The maximum absolute atomic E-state index is 11.6. The van der Waals surface area contributed by atoms with Crippen molar-refractivity contribution in [1.82, 2.24) is 14.8 Å². The van der Waals surface area contributed by atoms with Crippen LogP contribution in [-0.4, -0.2) is 71.3 Å². The molecule has 1 amide bonds. The minimum Gasteiger partial charge on any atom is -0.387 e. The number of piperidine rings is 1. The highest BCUT2D eigenvalue weighted by atomic mass is 32.1. The van der Waals surface area contributed by atoms with Crippen molar-refractivity contribution in [3.63, 3.8) is 0 Å². The van der Waals surface area contributed by atoms with Crippen molar-refractivity contribution < 1.29 is 14.6 Å². The molecule has 0 unspecified atom stereocenters.